The van der Waals surface area contributed by atoms with Crippen molar-refractivity contribution in [3.05, 3.63) is 29.8 Å². The fourth-order valence-electron chi connectivity index (χ4n) is 3.60. The van der Waals surface area contributed by atoms with Gasteiger partial charge in [0.2, 0.25) is 0 Å². The standard InChI is InChI=1S/C18H28N4O/c1-2-10-22-11-5-6-14(22)13-20-18(19)21-16-9-12-23-17-8-4-3-7-15(16)17/h3-4,7-8,14,16H,2,5-6,9-13H2,1H3,(H3,19,20,21)/t14-,16?/m0/s1. The summed E-state index contributed by atoms with van der Waals surface area (Å²) < 4.78 is 5.69. The quantitative estimate of drug-likeness (QED) is 0.646. The topological polar surface area (TPSA) is 62.9 Å². The number of hydrogen-bond acceptors (Lipinski definition) is 3. The highest BCUT2D eigenvalue weighted by Gasteiger charge is 2.24. The molecular weight excluding hydrogens is 288 g/mol. The maximum absolute atomic E-state index is 6.14. The summed E-state index contributed by atoms with van der Waals surface area (Å²) in [5.74, 6) is 1.50. The summed E-state index contributed by atoms with van der Waals surface area (Å²) in [6, 6.07) is 8.89. The fourth-order valence-corrected chi connectivity index (χ4v) is 3.60. The Kier molecular flexibility index (Phi) is 5.39. The van der Waals surface area contributed by atoms with Gasteiger partial charge < -0.3 is 15.8 Å². The van der Waals surface area contributed by atoms with E-state index in [0.717, 1.165) is 25.3 Å². The van der Waals surface area contributed by atoms with Crippen molar-refractivity contribution in [1.29, 1.82) is 0 Å². The van der Waals surface area contributed by atoms with Gasteiger partial charge in [0.25, 0.3) is 0 Å². The number of rotatable bonds is 5. The molecule has 0 radical (unpaired) electrons. The lowest BCUT2D eigenvalue weighted by atomic mass is 10.0. The molecule has 1 aromatic carbocycles. The molecule has 23 heavy (non-hydrogen) atoms. The summed E-state index contributed by atoms with van der Waals surface area (Å²) in [7, 11) is 0. The maximum atomic E-state index is 6.14. The van der Waals surface area contributed by atoms with Crippen molar-refractivity contribution in [2.24, 2.45) is 10.7 Å². The molecule has 1 unspecified atom stereocenters. The molecule has 2 aliphatic heterocycles. The van der Waals surface area contributed by atoms with Crippen molar-refractivity contribution in [2.75, 3.05) is 26.2 Å². The number of fused-ring (bicyclic) bond motifs is 1. The molecular formula is C18H28N4O. The van der Waals surface area contributed by atoms with Crippen molar-refractivity contribution in [1.82, 2.24) is 10.2 Å². The first-order valence-electron chi connectivity index (χ1n) is 8.80. The zero-order valence-corrected chi connectivity index (χ0v) is 14.0. The van der Waals surface area contributed by atoms with Crippen molar-refractivity contribution in [3.8, 4) is 5.75 Å². The van der Waals surface area contributed by atoms with E-state index in [9.17, 15) is 0 Å². The third kappa shape index (κ3) is 3.96. The molecule has 126 valence electrons. The zero-order valence-electron chi connectivity index (χ0n) is 14.0. The van der Waals surface area contributed by atoms with Crippen LogP contribution >= 0.6 is 0 Å². The number of nitrogens with zero attached hydrogens (tertiary/aromatic N) is 2. The molecule has 1 saturated heterocycles. The monoisotopic (exact) mass is 316 g/mol. The third-order valence-corrected chi connectivity index (χ3v) is 4.76. The van der Waals surface area contributed by atoms with Crippen LogP contribution in [0, 0.1) is 0 Å². The summed E-state index contributed by atoms with van der Waals surface area (Å²) in [4.78, 5) is 7.15. The van der Waals surface area contributed by atoms with Crippen LogP contribution in [0.15, 0.2) is 29.3 Å². The first-order chi connectivity index (χ1) is 11.3. The van der Waals surface area contributed by atoms with Crippen LogP contribution in [0.25, 0.3) is 0 Å². The highest BCUT2D eigenvalue weighted by Crippen LogP contribution is 2.31. The Morgan fingerprint density at radius 2 is 2.26 bits per heavy atom. The highest BCUT2D eigenvalue weighted by molar-refractivity contribution is 5.78. The second kappa shape index (κ2) is 7.68. The SMILES string of the molecule is CCCN1CCC[C@H]1CN=C(N)NC1CCOc2ccccc21. The summed E-state index contributed by atoms with van der Waals surface area (Å²) >= 11 is 0. The lowest BCUT2D eigenvalue weighted by Gasteiger charge is -2.27. The van der Waals surface area contributed by atoms with Crippen LogP contribution in [-0.2, 0) is 0 Å². The van der Waals surface area contributed by atoms with E-state index in [1.807, 2.05) is 18.2 Å². The largest absolute Gasteiger partial charge is 0.493 e. The van der Waals surface area contributed by atoms with Crippen LogP contribution in [-0.4, -0.2) is 43.1 Å². The number of benzene rings is 1. The molecule has 0 amide bonds. The number of guanidine groups is 1. The second-order valence-electron chi connectivity index (χ2n) is 6.43. The van der Waals surface area contributed by atoms with Crippen LogP contribution < -0.4 is 15.8 Å². The van der Waals surface area contributed by atoms with E-state index < -0.39 is 0 Å². The molecule has 2 heterocycles. The molecule has 5 nitrogen and oxygen atoms in total. The molecule has 1 fully saturated rings. The van der Waals surface area contributed by atoms with E-state index in [2.05, 4.69) is 28.2 Å². The van der Waals surface area contributed by atoms with Crippen LogP contribution in [0.3, 0.4) is 0 Å². The van der Waals surface area contributed by atoms with Gasteiger partial charge in [0.1, 0.15) is 5.75 Å². The van der Waals surface area contributed by atoms with E-state index in [4.69, 9.17) is 10.5 Å². The Morgan fingerprint density at radius 1 is 1.39 bits per heavy atom. The molecule has 0 aromatic heterocycles. The van der Waals surface area contributed by atoms with Crippen LogP contribution in [0.4, 0.5) is 0 Å². The van der Waals surface area contributed by atoms with Crippen LogP contribution in [0.2, 0.25) is 0 Å². The molecule has 3 rings (SSSR count). The van der Waals surface area contributed by atoms with Gasteiger partial charge in [-0.1, -0.05) is 25.1 Å². The Labute approximate surface area is 138 Å². The summed E-state index contributed by atoms with van der Waals surface area (Å²) in [5, 5.41) is 3.38. The average molecular weight is 316 g/mol. The van der Waals surface area contributed by atoms with Gasteiger partial charge in [-0.05, 0) is 38.4 Å². The maximum Gasteiger partial charge on any atom is 0.189 e. The molecule has 2 atom stereocenters. The third-order valence-electron chi connectivity index (χ3n) is 4.76. The first kappa shape index (κ1) is 16.1. The first-order valence-corrected chi connectivity index (χ1v) is 8.80. The Hall–Kier alpha value is -1.75. The number of aliphatic imine (C=N–C) groups is 1. The molecule has 5 heteroatoms. The predicted molar refractivity (Wildman–Crippen MR) is 93.8 cm³/mol. The van der Waals surface area contributed by atoms with Crippen LogP contribution in [0.5, 0.6) is 5.75 Å². The molecule has 2 aliphatic rings. The predicted octanol–water partition coefficient (Wildman–Crippen LogP) is 2.29. The number of ether oxygens (including phenoxy) is 1. The van der Waals surface area contributed by atoms with Crippen LogP contribution in [0.1, 0.15) is 44.2 Å². The second-order valence-corrected chi connectivity index (χ2v) is 6.43. The minimum absolute atomic E-state index is 0.194. The fraction of sp³-hybridized carbons (Fsp3) is 0.611. The Balaban J connectivity index is 1.58. The number of nitrogens with two attached hydrogens (primary N) is 1. The zero-order chi connectivity index (χ0) is 16.1. The van der Waals surface area contributed by atoms with E-state index in [-0.39, 0.29) is 6.04 Å². The summed E-state index contributed by atoms with van der Waals surface area (Å²) in [6.07, 6.45) is 4.63. The summed E-state index contributed by atoms with van der Waals surface area (Å²) in [5.41, 5.74) is 7.31. The molecule has 0 aliphatic carbocycles. The number of likely N-dealkylation sites (tertiary alicyclic amines) is 1. The molecule has 0 bridgehead atoms. The number of para-hydroxylation sites is 1. The minimum Gasteiger partial charge on any atom is -0.493 e. The van der Waals surface area contributed by atoms with Crippen molar-refractivity contribution in [3.63, 3.8) is 0 Å². The molecule has 1 aromatic rings. The van der Waals surface area contributed by atoms with E-state index in [1.165, 1.54) is 37.9 Å². The van der Waals surface area contributed by atoms with Gasteiger partial charge in [-0.25, -0.2) is 0 Å². The van der Waals surface area contributed by atoms with Gasteiger partial charge in [-0.2, -0.15) is 0 Å². The normalized spacial score (nSPS) is 25.0. The molecule has 0 saturated carbocycles. The van der Waals surface area contributed by atoms with Gasteiger partial charge in [0.05, 0.1) is 19.2 Å². The Morgan fingerprint density at radius 3 is 3.13 bits per heavy atom. The Bertz CT molecular complexity index is 546. The van der Waals surface area contributed by atoms with Crippen molar-refractivity contribution >= 4 is 5.96 Å². The molecule has 3 N–H and O–H groups in total. The van der Waals surface area contributed by atoms with E-state index in [1.54, 1.807) is 0 Å². The smallest absolute Gasteiger partial charge is 0.189 e. The number of hydrogen-bond donors (Lipinski definition) is 2. The van der Waals surface area contributed by atoms with E-state index >= 15 is 0 Å². The highest BCUT2D eigenvalue weighted by atomic mass is 16.5. The van der Waals surface area contributed by atoms with Crippen molar-refractivity contribution < 1.29 is 4.74 Å². The lowest BCUT2D eigenvalue weighted by Crippen LogP contribution is -2.39. The number of nitrogens with one attached hydrogen (secondary N) is 1. The minimum atomic E-state index is 0.194. The average Bonchev–Trinajstić information content (AvgIpc) is 3.01. The summed E-state index contributed by atoms with van der Waals surface area (Å²) in [6.45, 7) is 6.12. The molecule has 0 spiro atoms. The van der Waals surface area contributed by atoms with Gasteiger partial charge in [0.15, 0.2) is 5.96 Å². The lowest BCUT2D eigenvalue weighted by molar-refractivity contribution is 0.258. The van der Waals surface area contributed by atoms with Gasteiger partial charge in [-0.3, -0.25) is 9.89 Å². The van der Waals surface area contributed by atoms with Gasteiger partial charge in [-0.15, -0.1) is 0 Å². The van der Waals surface area contributed by atoms with Gasteiger partial charge in [0, 0.05) is 18.0 Å². The van der Waals surface area contributed by atoms with Crippen molar-refractivity contribution in [2.45, 2.75) is 44.7 Å². The van der Waals surface area contributed by atoms with E-state index in [0.29, 0.717) is 12.0 Å². The van der Waals surface area contributed by atoms with Gasteiger partial charge >= 0.3 is 0 Å².